The summed E-state index contributed by atoms with van der Waals surface area (Å²) in [5.41, 5.74) is 0.800. The van der Waals surface area contributed by atoms with Gasteiger partial charge in [0.15, 0.2) is 5.78 Å². The van der Waals surface area contributed by atoms with Gasteiger partial charge in [0.05, 0.1) is 0 Å². The predicted octanol–water partition coefficient (Wildman–Crippen LogP) is 3.69. The van der Waals surface area contributed by atoms with Crippen LogP contribution >= 0.6 is 0 Å². The highest BCUT2D eigenvalue weighted by Gasteiger charge is 2.03. The van der Waals surface area contributed by atoms with Crippen LogP contribution in [0.3, 0.4) is 0 Å². The number of allylic oxidation sites excluding steroid dienone is 1. The van der Waals surface area contributed by atoms with Crippen LogP contribution in [-0.4, -0.2) is 5.78 Å². The second-order valence-corrected chi connectivity index (χ2v) is 3.65. The molecule has 0 saturated heterocycles. The van der Waals surface area contributed by atoms with E-state index in [1.165, 1.54) is 25.1 Å². The van der Waals surface area contributed by atoms with Gasteiger partial charge < -0.3 is 4.42 Å². The molecule has 0 unspecified atom stereocenters. The van der Waals surface area contributed by atoms with E-state index in [0.717, 1.165) is 5.56 Å². The molecule has 2 aromatic rings. The quantitative estimate of drug-likeness (QED) is 0.753. The molecule has 0 amide bonds. The molecule has 0 aliphatic rings. The lowest BCUT2D eigenvalue weighted by Gasteiger charge is -1.95. The fourth-order valence-corrected chi connectivity index (χ4v) is 1.41. The highest BCUT2D eigenvalue weighted by molar-refractivity contribution is 5.91. The van der Waals surface area contributed by atoms with Crippen LogP contribution in [0.1, 0.15) is 12.7 Å². The lowest BCUT2D eigenvalue weighted by molar-refractivity contribution is -0.112. The first-order valence-corrected chi connectivity index (χ1v) is 5.19. The van der Waals surface area contributed by atoms with Gasteiger partial charge >= 0.3 is 0 Å². The lowest BCUT2D eigenvalue weighted by atomic mass is 10.2. The molecular formula is C14H11FO2. The van der Waals surface area contributed by atoms with Gasteiger partial charge in [-0.25, -0.2) is 4.39 Å². The van der Waals surface area contributed by atoms with E-state index in [0.29, 0.717) is 11.5 Å². The molecule has 0 N–H and O–H groups in total. The average Bonchev–Trinajstić information content (AvgIpc) is 2.76. The van der Waals surface area contributed by atoms with Crippen LogP contribution in [0.15, 0.2) is 46.9 Å². The molecule has 0 fully saturated rings. The maximum Gasteiger partial charge on any atom is 0.152 e. The average molecular weight is 230 g/mol. The Hall–Kier alpha value is -2.16. The molecule has 0 aliphatic carbocycles. The summed E-state index contributed by atoms with van der Waals surface area (Å²) in [5.74, 6) is 0.925. The van der Waals surface area contributed by atoms with Crippen molar-refractivity contribution in [3.63, 3.8) is 0 Å². The van der Waals surface area contributed by atoms with Crippen LogP contribution < -0.4 is 0 Å². The van der Waals surface area contributed by atoms with Crippen molar-refractivity contribution < 1.29 is 13.6 Å². The molecule has 0 aliphatic heterocycles. The van der Waals surface area contributed by atoms with E-state index in [-0.39, 0.29) is 11.6 Å². The molecule has 86 valence electrons. The summed E-state index contributed by atoms with van der Waals surface area (Å²) < 4.78 is 18.2. The summed E-state index contributed by atoms with van der Waals surface area (Å²) in [6.07, 6.45) is 3.04. The van der Waals surface area contributed by atoms with Gasteiger partial charge in [-0.15, -0.1) is 0 Å². The van der Waals surface area contributed by atoms with Crippen LogP contribution in [0, 0.1) is 5.82 Å². The summed E-state index contributed by atoms with van der Waals surface area (Å²) in [5, 5.41) is 0. The van der Waals surface area contributed by atoms with Gasteiger partial charge in [0.1, 0.15) is 17.3 Å². The molecule has 0 bridgehead atoms. The van der Waals surface area contributed by atoms with Crippen molar-refractivity contribution in [2.24, 2.45) is 0 Å². The van der Waals surface area contributed by atoms with E-state index < -0.39 is 0 Å². The zero-order valence-electron chi connectivity index (χ0n) is 9.31. The van der Waals surface area contributed by atoms with Crippen LogP contribution in [0.4, 0.5) is 4.39 Å². The second kappa shape index (κ2) is 4.78. The van der Waals surface area contributed by atoms with Crippen molar-refractivity contribution in [2.75, 3.05) is 0 Å². The highest BCUT2D eigenvalue weighted by atomic mass is 19.1. The molecule has 17 heavy (non-hydrogen) atoms. The molecular weight excluding hydrogens is 219 g/mol. The summed E-state index contributed by atoms with van der Waals surface area (Å²) in [6, 6.07) is 9.59. The van der Waals surface area contributed by atoms with Crippen molar-refractivity contribution in [2.45, 2.75) is 6.92 Å². The van der Waals surface area contributed by atoms with Crippen molar-refractivity contribution in [1.29, 1.82) is 0 Å². The first-order chi connectivity index (χ1) is 8.15. The number of halogens is 1. The molecule has 2 rings (SSSR count). The van der Waals surface area contributed by atoms with Gasteiger partial charge in [-0.05, 0) is 55.5 Å². The Labute approximate surface area is 98.4 Å². The van der Waals surface area contributed by atoms with Crippen molar-refractivity contribution in [3.8, 4) is 11.3 Å². The van der Waals surface area contributed by atoms with Crippen molar-refractivity contribution in [1.82, 2.24) is 0 Å². The Morgan fingerprint density at radius 1 is 1.18 bits per heavy atom. The summed E-state index contributed by atoms with van der Waals surface area (Å²) >= 11 is 0. The Balaban J connectivity index is 2.23. The third-order valence-corrected chi connectivity index (χ3v) is 2.24. The molecule has 1 heterocycles. The van der Waals surface area contributed by atoms with E-state index in [2.05, 4.69) is 0 Å². The molecule has 0 radical (unpaired) electrons. The Morgan fingerprint density at radius 3 is 2.53 bits per heavy atom. The molecule has 3 heteroatoms. The van der Waals surface area contributed by atoms with Crippen molar-refractivity contribution >= 4 is 11.9 Å². The maximum atomic E-state index is 12.7. The Bertz CT molecular complexity index is 550. The van der Waals surface area contributed by atoms with E-state index in [1.54, 1.807) is 30.3 Å². The lowest BCUT2D eigenvalue weighted by Crippen LogP contribution is -1.78. The molecule has 1 aromatic carbocycles. The minimum Gasteiger partial charge on any atom is -0.457 e. The molecule has 1 aromatic heterocycles. The van der Waals surface area contributed by atoms with Gasteiger partial charge in [-0.1, -0.05) is 0 Å². The fraction of sp³-hybridized carbons (Fsp3) is 0.0714. The molecule has 2 nitrogen and oxygen atoms in total. The topological polar surface area (TPSA) is 30.2 Å². The van der Waals surface area contributed by atoms with Gasteiger partial charge in [0, 0.05) is 5.56 Å². The van der Waals surface area contributed by atoms with Crippen LogP contribution in [0.25, 0.3) is 17.4 Å². The number of hydrogen-bond donors (Lipinski definition) is 0. The number of carbonyl (C=O) groups excluding carboxylic acids is 1. The standard InChI is InChI=1S/C14H11FO2/c1-10(16)2-7-13-8-9-14(17-13)11-3-5-12(15)6-4-11/h2-9H,1H3. The summed E-state index contributed by atoms with van der Waals surface area (Å²) in [6.45, 7) is 1.47. The zero-order valence-corrected chi connectivity index (χ0v) is 9.31. The SMILES string of the molecule is CC(=O)C=Cc1ccc(-c2ccc(F)cc2)o1. The number of ketones is 1. The van der Waals surface area contributed by atoms with Crippen LogP contribution in [-0.2, 0) is 4.79 Å². The number of carbonyl (C=O) groups is 1. The monoisotopic (exact) mass is 230 g/mol. The summed E-state index contributed by atoms with van der Waals surface area (Å²) in [7, 11) is 0. The van der Waals surface area contributed by atoms with Crippen molar-refractivity contribution in [3.05, 3.63) is 54.1 Å². The van der Waals surface area contributed by atoms with Gasteiger partial charge in [0.2, 0.25) is 0 Å². The smallest absolute Gasteiger partial charge is 0.152 e. The first-order valence-electron chi connectivity index (χ1n) is 5.19. The summed E-state index contributed by atoms with van der Waals surface area (Å²) in [4.78, 5) is 10.8. The van der Waals surface area contributed by atoms with Gasteiger partial charge in [0.25, 0.3) is 0 Å². The number of rotatable bonds is 3. The number of furan rings is 1. The first kappa shape index (κ1) is 11.3. The largest absolute Gasteiger partial charge is 0.457 e. The number of benzene rings is 1. The molecule has 0 atom stereocenters. The van der Waals surface area contributed by atoms with Gasteiger partial charge in [-0.2, -0.15) is 0 Å². The normalized spacial score (nSPS) is 10.9. The fourth-order valence-electron chi connectivity index (χ4n) is 1.41. The van der Waals surface area contributed by atoms with E-state index in [4.69, 9.17) is 4.42 Å². The zero-order chi connectivity index (χ0) is 12.3. The highest BCUT2D eigenvalue weighted by Crippen LogP contribution is 2.22. The third kappa shape index (κ3) is 2.91. The molecule has 0 spiro atoms. The molecule has 0 saturated carbocycles. The van der Waals surface area contributed by atoms with E-state index >= 15 is 0 Å². The third-order valence-electron chi connectivity index (χ3n) is 2.24. The Morgan fingerprint density at radius 2 is 1.88 bits per heavy atom. The van der Waals surface area contributed by atoms with E-state index in [9.17, 15) is 9.18 Å². The Kier molecular flexibility index (Phi) is 3.19. The minimum atomic E-state index is -0.281. The van der Waals surface area contributed by atoms with Gasteiger partial charge in [-0.3, -0.25) is 4.79 Å². The van der Waals surface area contributed by atoms with Crippen LogP contribution in [0.2, 0.25) is 0 Å². The van der Waals surface area contributed by atoms with E-state index in [1.807, 2.05) is 0 Å². The number of hydrogen-bond acceptors (Lipinski definition) is 2. The predicted molar refractivity (Wildman–Crippen MR) is 63.8 cm³/mol. The second-order valence-electron chi connectivity index (χ2n) is 3.65. The maximum absolute atomic E-state index is 12.7. The minimum absolute atomic E-state index is 0.0373. The van der Waals surface area contributed by atoms with Crippen LogP contribution in [0.5, 0.6) is 0 Å².